The van der Waals surface area contributed by atoms with Crippen LogP contribution in [0.5, 0.6) is 11.5 Å². The monoisotopic (exact) mass is 456 g/mol. The van der Waals surface area contributed by atoms with Gasteiger partial charge in [-0.05, 0) is 66.7 Å². The van der Waals surface area contributed by atoms with Crippen molar-refractivity contribution in [3.8, 4) is 11.5 Å². The highest BCUT2D eigenvalue weighted by atomic mass is 32.2. The Morgan fingerprint density at radius 2 is 1.75 bits per heavy atom. The number of hydrogen-bond acceptors (Lipinski definition) is 5. The van der Waals surface area contributed by atoms with Crippen molar-refractivity contribution in [1.29, 1.82) is 0 Å². The van der Waals surface area contributed by atoms with Gasteiger partial charge in [-0.2, -0.15) is 0 Å². The minimum atomic E-state index is -4.00. The van der Waals surface area contributed by atoms with Crippen molar-refractivity contribution in [2.45, 2.75) is 4.90 Å². The van der Waals surface area contributed by atoms with Crippen LogP contribution in [0.4, 0.5) is 15.8 Å². The molecule has 166 valence electrons. The molecule has 3 aromatic carbocycles. The Morgan fingerprint density at radius 3 is 2.38 bits per heavy atom. The minimum Gasteiger partial charge on any atom is -0.495 e. The van der Waals surface area contributed by atoms with Gasteiger partial charge >= 0.3 is 0 Å². The van der Waals surface area contributed by atoms with E-state index in [2.05, 4.69) is 16.6 Å². The molecule has 3 rings (SSSR count). The third-order valence-corrected chi connectivity index (χ3v) is 5.69. The Bertz CT molecular complexity index is 1210. The molecule has 3 aromatic rings. The average molecular weight is 456 g/mol. The number of benzene rings is 3. The molecular weight excluding hydrogens is 435 g/mol. The standard InChI is InChI=1S/C23H21FN2O5S/c1-3-14-31-19-9-4-16(5-10-19)23(27)25-18-8-13-22(30-2)21(15-18)26-32(28,29)20-11-6-17(24)7-12-20/h3-13,15,26H,1,14H2,2H3,(H,25,27). The molecule has 0 radical (unpaired) electrons. The van der Waals surface area contributed by atoms with Gasteiger partial charge in [-0.15, -0.1) is 0 Å². The third kappa shape index (κ3) is 5.64. The topological polar surface area (TPSA) is 93.7 Å². The molecule has 0 heterocycles. The van der Waals surface area contributed by atoms with Crippen molar-refractivity contribution < 1.29 is 27.1 Å². The van der Waals surface area contributed by atoms with Crippen molar-refractivity contribution in [3.63, 3.8) is 0 Å². The summed E-state index contributed by atoms with van der Waals surface area (Å²) in [5.74, 6) is -0.0925. The predicted octanol–water partition coefficient (Wildman–Crippen LogP) is 4.45. The summed E-state index contributed by atoms with van der Waals surface area (Å²) >= 11 is 0. The highest BCUT2D eigenvalue weighted by Crippen LogP contribution is 2.30. The number of methoxy groups -OCH3 is 1. The fourth-order valence-corrected chi connectivity index (χ4v) is 3.81. The van der Waals surface area contributed by atoms with Crippen LogP contribution in [0.1, 0.15) is 10.4 Å². The van der Waals surface area contributed by atoms with Crippen LogP contribution in [0, 0.1) is 5.82 Å². The van der Waals surface area contributed by atoms with E-state index in [4.69, 9.17) is 9.47 Å². The fraction of sp³-hybridized carbons (Fsp3) is 0.0870. The minimum absolute atomic E-state index is 0.114. The van der Waals surface area contributed by atoms with Gasteiger partial charge in [0.2, 0.25) is 0 Å². The summed E-state index contributed by atoms with van der Waals surface area (Å²) in [4.78, 5) is 12.5. The summed E-state index contributed by atoms with van der Waals surface area (Å²) in [5, 5.41) is 2.71. The molecule has 0 atom stereocenters. The summed E-state index contributed by atoms with van der Waals surface area (Å²) in [6, 6.07) is 15.5. The lowest BCUT2D eigenvalue weighted by atomic mass is 10.2. The lowest BCUT2D eigenvalue weighted by molar-refractivity contribution is 0.102. The van der Waals surface area contributed by atoms with E-state index in [1.54, 1.807) is 36.4 Å². The second-order valence-electron chi connectivity index (χ2n) is 6.55. The number of hydrogen-bond donors (Lipinski definition) is 2. The van der Waals surface area contributed by atoms with Crippen LogP contribution in [0.3, 0.4) is 0 Å². The first-order valence-corrected chi connectivity index (χ1v) is 10.9. The van der Waals surface area contributed by atoms with E-state index in [1.807, 2.05) is 0 Å². The van der Waals surface area contributed by atoms with E-state index in [9.17, 15) is 17.6 Å². The van der Waals surface area contributed by atoms with Gasteiger partial charge in [0.05, 0.1) is 17.7 Å². The van der Waals surface area contributed by atoms with Gasteiger partial charge < -0.3 is 14.8 Å². The molecule has 0 aliphatic heterocycles. The van der Waals surface area contributed by atoms with Gasteiger partial charge in [0.25, 0.3) is 15.9 Å². The molecule has 32 heavy (non-hydrogen) atoms. The normalized spacial score (nSPS) is 10.8. The van der Waals surface area contributed by atoms with Crippen LogP contribution in [0.2, 0.25) is 0 Å². The maximum absolute atomic E-state index is 13.1. The van der Waals surface area contributed by atoms with Gasteiger partial charge in [0.1, 0.15) is 23.9 Å². The summed E-state index contributed by atoms with van der Waals surface area (Å²) in [5.41, 5.74) is 0.850. The van der Waals surface area contributed by atoms with E-state index in [0.717, 1.165) is 24.3 Å². The zero-order chi connectivity index (χ0) is 23.1. The van der Waals surface area contributed by atoms with E-state index < -0.39 is 21.7 Å². The maximum Gasteiger partial charge on any atom is 0.262 e. The summed E-state index contributed by atoms with van der Waals surface area (Å²) in [6.07, 6.45) is 1.62. The van der Waals surface area contributed by atoms with Crippen molar-refractivity contribution in [2.75, 3.05) is 23.8 Å². The SMILES string of the molecule is C=CCOc1ccc(C(=O)Nc2ccc(OC)c(NS(=O)(=O)c3ccc(F)cc3)c2)cc1. The summed E-state index contributed by atoms with van der Waals surface area (Å²) in [6.45, 7) is 3.93. The van der Waals surface area contributed by atoms with Crippen molar-refractivity contribution in [2.24, 2.45) is 0 Å². The number of sulfonamides is 1. The third-order valence-electron chi connectivity index (χ3n) is 4.31. The highest BCUT2D eigenvalue weighted by molar-refractivity contribution is 7.92. The van der Waals surface area contributed by atoms with Crippen LogP contribution in [0.25, 0.3) is 0 Å². The lowest BCUT2D eigenvalue weighted by Crippen LogP contribution is -2.15. The quantitative estimate of drug-likeness (QED) is 0.464. The summed E-state index contributed by atoms with van der Waals surface area (Å²) in [7, 11) is -2.61. The summed E-state index contributed by atoms with van der Waals surface area (Å²) < 4.78 is 51.4. The molecule has 2 N–H and O–H groups in total. The second-order valence-corrected chi connectivity index (χ2v) is 8.24. The van der Waals surface area contributed by atoms with Crippen LogP contribution < -0.4 is 19.5 Å². The smallest absolute Gasteiger partial charge is 0.262 e. The number of anilines is 2. The number of ether oxygens (including phenoxy) is 2. The van der Waals surface area contributed by atoms with Gasteiger partial charge in [0.15, 0.2) is 0 Å². The molecule has 0 fully saturated rings. The zero-order valence-electron chi connectivity index (χ0n) is 17.2. The molecule has 0 spiro atoms. The molecule has 0 aliphatic carbocycles. The van der Waals surface area contributed by atoms with Gasteiger partial charge in [0, 0.05) is 11.3 Å². The maximum atomic E-state index is 13.1. The molecule has 0 aliphatic rings. The first-order valence-electron chi connectivity index (χ1n) is 9.44. The van der Waals surface area contributed by atoms with Gasteiger partial charge in [-0.1, -0.05) is 12.7 Å². The Labute approximate surface area is 185 Å². The first kappa shape index (κ1) is 22.8. The average Bonchev–Trinajstić information content (AvgIpc) is 2.78. The Morgan fingerprint density at radius 1 is 1.06 bits per heavy atom. The number of carbonyl (C=O) groups is 1. The molecular formula is C23H21FN2O5S. The fourth-order valence-electron chi connectivity index (χ4n) is 2.74. The Kier molecular flexibility index (Phi) is 7.11. The van der Waals surface area contributed by atoms with Crippen LogP contribution in [0.15, 0.2) is 84.3 Å². The van der Waals surface area contributed by atoms with Crippen molar-refractivity contribution >= 4 is 27.3 Å². The number of halogens is 1. The number of nitrogens with one attached hydrogen (secondary N) is 2. The molecule has 1 amide bonds. The van der Waals surface area contributed by atoms with Crippen molar-refractivity contribution in [3.05, 3.63) is 90.8 Å². The molecule has 7 nitrogen and oxygen atoms in total. The molecule has 0 saturated heterocycles. The van der Waals surface area contributed by atoms with E-state index in [0.29, 0.717) is 23.6 Å². The molecule has 9 heteroatoms. The largest absolute Gasteiger partial charge is 0.495 e. The van der Waals surface area contributed by atoms with Crippen LogP contribution in [-0.2, 0) is 10.0 Å². The van der Waals surface area contributed by atoms with Crippen molar-refractivity contribution in [1.82, 2.24) is 0 Å². The zero-order valence-corrected chi connectivity index (χ0v) is 18.0. The van der Waals surface area contributed by atoms with E-state index in [1.165, 1.54) is 19.2 Å². The molecule has 0 saturated carbocycles. The van der Waals surface area contributed by atoms with Gasteiger partial charge in [-0.25, -0.2) is 12.8 Å². The van der Waals surface area contributed by atoms with Gasteiger partial charge in [-0.3, -0.25) is 9.52 Å². The molecule has 0 unspecified atom stereocenters. The van der Waals surface area contributed by atoms with Crippen LogP contribution >= 0.6 is 0 Å². The Balaban J connectivity index is 1.79. The lowest BCUT2D eigenvalue weighted by Gasteiger charge is -2.14. The highest BCUT2D eigenvalue weighted by Gasteiger charge is 2.18. The first-order chi connectivity index (χ1) is 15.3. The number of carbonyl (C=O) groups excluding carboxylic acids is 1. The predicted molar refractivity (Wildman–Crippen MR) is 120 cm³/mol. The molecule has 0 aromatic heterocycles. The second kappa shape index (κ2) is 9.97. The van der Waals surface area contributed by atoms with E-state index in [-0.39, 0.29) is 16.3 Å². The molecule has 0 bridgehead atoms. The number of amides is 1. The Hall–Kier alpha value is -3.85. The van der Waals surface area contributed by atoms with Crippen LogP contribution in [-0.4, -0.2) is 28.0 Å². The van der Waals surface area contributed by atoms with E-state index >= 15 is 0 Å². The number of rotatable bonds is 9.